The van der Waals surface area contributed by atoms with E-state index in [1.54, 1.807) is 0 Å². The van der Waals surface area contributed by atoms with E-state index in [0.717, 1.165) is 43.0 Å². The van der Waals surface area contributed by atoms with Crippen molar-refractivity contribution in [2.45, 2.75) is 19.3 Å². The number of pyridine rings is 1. The molecule has 0 fully saturated rings. The Kier molecular flexibility index (Phi) is 4.40. The van der Waals surface area contributed by atoms with Crippen molar-refractivity contribution in [3.05, 3.63) is 23.4 Å². The summed E-state index contributed by atoms with van der Waals surface area (Å²) in [6.45, 7) is 1.81. The van der Waals surface area contributed by atoms with Crippen molar-refractivity contribution < 1.29 is 0 Å². The van der Waals surface area contributed by atoms with E-state index in [0.29, 0.717) is 0 Å². The minimum atomic E-state index is 0. The number of anilines is 2. The number of likely N-dealkylation sites (N-methyl/N-ethyl adjacent to an activating group) is 1. The van der Waals surface area contributed by atoms with Gasteiger partial charge in [0.15, 0.2) is 5.82 Å². The third-order valence-electron chi connectivity index (χ3n) is 3.74. The average molecular weight is 296 g/mol. The molecule has 0 unspecified atom stereocenters. The van der Waals surface area contributed by atoms with Crippen molar-refractivity contribution in [1.82, 2.24) is 14.5 Å². The standard InChI is InChI=1S/C14H21N5.ClH/c1-18(2)9-8-16-14-13(15)12-7-6-10-4-3-5-11(10)19(12)17-14;/h6-7H,3-5,8-9,15H2,1-2H3,(H,16,17);1H. The fourth-order valence-corrected chi connectivity index (χ4v) is 2.69. The van der Waals surface area contributed by atoms with E-state index in [4.69, 9.17) is 5.73 Å². The summed E-state index contributed by atoms with van der Waals surface area (Å²) in [5.74, 6) is 0.808. The molecule has 0 saturated carbocycles. The largest absolute Gasteiger partial charge is 0.394 e. The van der Waals surface area contributed by atoms with Gasteiger partial charge in [0.2, 0.25) is 0 Å². The third kappa shape index (κ3) is 2.55. The summed E-state index contributed by atoms with van der Waals surface area (Å²) in [6, 6.07) is 4.28. The Hall–Kier alpha value is -1.46. The number of nitrogens with zero attached hydrogens (tertiary/aromatic N) is 3. The first-order valence-electron chi connectivity index (χ1n) is 6.84. The van der Waals surface area contributed by atoms with Crippen LogP contribution in [0.4, 0.5) is 11.5 Å². The lowest BCUT2D eigenvalue weighted by atomic mass is 10.2. The van der Waals surface area contributed by atoms with Gasteiger partial charge >= 0.3 is 0 Å². The van der Waals surface area contributed by atoms with Crippen LogP contribution in [0.25, 0.3) is 5.52 Å². The number of rotatable bonds is 4. The lowest BCUT2D eigenvalue weighted by Crippen LogP contribution is -2.21. The molecule has 5 nitrogen and oxygen atoms in total. The molecular formula is C14H22ClN5. The van der Waals surface area contributed by atoms with E-state index in [9.17, 15) is 0 Å². The van der Waals surface area contributed by atoms with Crippen LogP contribution < -0.4 is 11.1 Å². The minimum absolute atomic E-state index is 0. The maximum absolute atomic E-state index is 6.19. The second-order valence-corrected chi connectivity index (χ2v) is 5.45. The molecule has 0 atom stereocenters. The molecule has 0 aromatic carbocycles. The summed E-state index contributed by atoms with van der Waals surface area (Å²) in [6.07, 6.45) is 3.48. The molecule has 110 valence electrons. The van der Waals surface area contributed by atoms with E-state index >= 15 is 0 Å². The second-order valence-electron chi connectivity index (χ2n) is 5.45. The van der Waals surface area contributed by atoms with E-state index < -0.39 is 0 Å². The van der Waals surface area contributed by atoms with Crippen LogP contribution in [0.2, 0.25) is 0 Å². The van der Waals surface area contributed by atoms with Gasteiger partial charge in [-0.1, -0.05) is 6.07 Å². The van der Waals surface area contributed by atoms with Gasteiger partial charge in [0.05, 0.1) is 5.52 Å². The van der Waals surface area contributed by atoms with Crippen LogP contribution in [0.5, 0.6) is 0 Å². The number of fused-ring (bicyclic) bond motifs is 3. The molecule has 1 aliphatic carbocycles. The summed E-state index contributed by atoms with van der Waals surface area (Å²) in [7, 11) is 4.11. The molecule has 3 N–H and O–H groups in total. The van der Waals surface area contributed by atoms with Gasteiger partial charge in [-0.2, -0.15) is 0 Å². The van der Waals surface area contributed by atoms with Crippen molar-refractivity contribution in [1.29, 1.82) is 0 Å². The number of nitrogens with two attached hydrogens (primary N) is 1. The quantitative estimate of drug-likeness (QED) is 0.903. The van der Waals surface area contributed by atoms with Gasteiger partial charge in [0, 0.05) is 18.8 Å². The highest BCUT2D eigenvalue weighted by atomic mass is 35.5. The van der Waals surface area contributed by atoms with Gasteiger partial charge in [-0.15, -0.1) is 17.5 Å². The molecule has 0 amide bonds. The minimum Gasteiger partial charge on any atom is -0.394 e. The third-order valence-corrected chi connectivity index (χ3v) is 3.74. The van der Waals surface area contributed by atoms with Gasteiger partial charge < -0.3 is 16.0 Å². The molecule has 0 bridgehead atoms. The Morgan fingerprint density at radius 2 is 2.15 bits per heavy atom. The van der Waals surface area contributed by atoms with Crippen molar-refractivity contribution in [3.63, 3.8) is 0 Å². The van der Waals surface area contributed by atoms with Crippen LogP contribution in [-0.2, 0) is 12.8 Å². The fourth-order valence-electron chi connectivity index (χ4n) is 2.69. The molecule has 1 aliphatic rings. The second kappa shape index (κ2) is 5.89. The highest BCUT2D eigenvalue weighted by Crippen LogP contribution is 2.29. The molecule has 2 heterocycles. The van der Waals surface area contributed by atoms with E-state index in [1.165, 1.54) is 17.7 Å². The number of halogens is 1. The van der Waals surface area contributed by atoms with Gasteiger partial charge in [0.25, 0.3) is 0 Å². The van der Waals surface area contributed by atoms with Crippen LogP contribution in [0.15, 0.2) is 12.1 Å². The zero-order valence-electron chi connectivity index (χ0n) is 12.0. The first kappa shape index (κ1) is 14.9. The summed E-state index contributed by atoms with van der Waals surface area (Å²) in [4.78, 5) is 2.14. The lowest BCUT2D eigenvalue weighted by molar-refractivity contribution is 0.425. The first-order chi connectivity index (χ1) is 9.16. The zero-order valence-corrected chi connectivity index (χ0v) is 12.8. The van der Waals surface area contributed by atoms with Gasteiger partial charge in [-0.3, -0.25) is 0 Å². The Bertz CT molecular complexity index is 605. The van der Waals surface area contributed by atoms with Crippen LogP contribution in [0, 0.1) is 0 Å². The molecule has 3 rings (SSSR count). The Balaban J connectivity index is 0.00000147. The predicted octanol–water partition coefficient (Wildman–Crippen LogP) is 1.80. The van der Waals surface area contributed by atoms with Gasteiger partial charge in [0.1, 0.15) is 5.69 Å². The SMILES string of the molecule is CN(C)CCNc1nn2c3c(ccc2c1N)CCC3.Cl. The fraction of sp³-hybridized carbons (Fsp3) is 0.500. The van der Waals surface area contributed by atoms with Crippen molar-refractivity contribution >= 4 is 29.4 Å². The normalized spacial score (nSPS) is 13.6. The first-order valence-corrected chi connectivity index (χ1v) is 6.84. The molecular weight excluding hydrogens is 274 g/mol. The van der Waals surface area contributed by atoms with Crippen molar-refractivity contribution in [2.24, 2.45) is 0 Å². The van der Waals surface area contributed by atoms with Crippen LogP contribution in [0.3, 0.4) is 0 Å². The molecule has 6 heteroatoms. The maximum Gasteiger partial charge on any atom is 0.172 e. The lowest BCUT2D eigenvalue weighted by Gasteiger charge is -2.09. The highest BCUT2D eigenvalue weighted by Gasteiger charge is 2.18. The molecule has 20 heavy (non-hydrogen) atoms. The summed E-state index contributed by atoms with van der Waals surface area (Å²) >= 11 is 0. The number of nitrogens with one attached hydrogen (secondary N) is 1. The van der Waals surface area contributed by atoms with Crippen molar-refractivity contribution in [3.8, 4) is 0 Å². The number of hydrogen-bond donors (Lipinski definition) is 2. The number of aryl methyl sites for hydroxylation is 2. The topological polar surface area (TPSA) is 58.6 Å². The molecule has 2 aromatic rings. The number of nitrogen functional groups attached to an aromatic ring is 1. The summed E-state index contributed by atoms with van der Waals surface area (Å²) in [5, 5.41) is 7.97. The van der Waals surface area contributed by atoms with Gasteiger partial charge in [-0.05, 0) is 45.0 Å². The summed E-state index contributed by atoms with van der Waals surface area (Å²) < 4.78 is 2.02. The molecule has 0 radical (unpaired) electrons. The van der Waals surface area contributed by atoms with Crippen LogP contribution in [-0.4, -0.2) is 41.7 Å². The van der Waals surface area contributed by atoms with E-state index in [2.05, 4.69) is 41.5 Å². The monoisotopic (exact) mass is 295 g/mol. The predicted molar refractivity (Wildman–Crippen MR) is 85.9 cm³/mol. The molecule has 0 aliphatic heterocycles. The molecule has 0 spiro atoms. The van der Waals surface area contributed by atoms with E-state index in [-0.39, 0.29) is 12.4 Å². The number of aromatic nitrogens is 2. The van der Waals surface area contributed by atoms with Crippen molar-refractivity contribution in [2.75, 3.05) is 38.2 Å². The molecule has 2 aromatic heterocycles. The Labute approximate surface area is 125 Å². The average Bonchev–Trinajstić information content (AvgIpc) is 2.94. The smallest absolute Gasteiger partial charge is 0.172 e. The van der Waals surface area contributed by atoms with Gasteiger partial charge in [-0.25, -0.2) is 4.52 Å². The Morgan fingerprint density at radius 1 is 1.35 bits per heavy atom. The number of hydrogen-bond acceptors (Lipinski definition) is 4. The highest BCUT2D eigenvalue weighted by molar-refractivity contribution is 5.85. The molecule has 0 saturated heterocycles. The van der Waals surface area contributed by atoms with E-state index in [1.807, 2.05) is 4.52 Å². The maximum atomic E-state index is 6.19. The Morgan fingerprint density at radius 3 is 2.90 bits per heavy atom. The zero-order chi connectivity index (χ0) is 13.4. The summed E-state index contributed by atoms with van der Waals surface area (Å²) in [5.41, 5.74) is 10.7. The van der Waals surface area contributed by atoms with Crippen LogP contribution >= 0.6 is 12.4 Å². The van der Waals surface area contributed by atoms with Crippen LogP contribution in [0.1, 0.15) is 17.7 Å².